The molecule has 0 aromatic heterocycles. The second-order valence-corrected chi connectivity index (χ2v) is 6.82. The third kappa shape index (κ3) is 2.94. The van der Waals surface area contributed by atoms with Crippen molar-refractivity contribution in [2.45, 2.75) is 30.2 Å². The summed E-state index contributed by atoms with van der Waals surface area (Å²) in [6, 6.07) is 3.94. The van der Waals surface area contributed by atoms with Gasteiger partial charge in [-0.05, 0) is 43.5 Å². The number of hydrogen-bond acceptors (Lipinski definition) is 4. The molecular formula is C13H20FN3O2S. The zero-order valence-corrected chi connectivity index (χ0v) is 12.2. The summed E-state index contributed by atoms with van der Waals surface area (Å²) in [4.78, 5) is 1.64. The molecule has 1 aliphatic carbocycles. The minimum atomic E-state index is -3.88. The Morgan fingerprint density at radius 2 is 2.10 bits per heavy atom. The topological polar surface area (TPSA) is 89.4 Å². The van der Waals surface area contributed by atoms with Crippen LogP contribution in [0, 0.1) is 11.7 Å². The Bertz CT molecular complexity index is 591. The highest BCUT2D eigenvalue weighted by molar-refractivity contribution is 7.89. The summed E-state index contributed by atoms with van der Waals surface area (Å²) in [7, 11) is -2.07. The van der Waals surface area contributed by atoms with E-state index >= 15 is 0 Å². The van der Waals surface area contributed by atoms with Crippen LogP contribution in [0.25, 0.3) is 0 Å². The van der Waals surface area contributed by atoms with E-state index < -0.39 is 15.8 Å². The molecule has 2 unspecified atom stereocenters. The van der Waals surface area contributed by atoms with Gasteiger partial charge in [0, 0.05) is 13.1 Å². The van der Waals surface area contributed by atoms with Crippen molar-refractivity contribution < 1.29 is 12.8 Å². The summed E-state index contributed by atoms with van der Waals surface area (Å²) >= 11 is 0. The van der Waals surface area contributed by atoms with Crippen LogP contribution in [0.15, 0.2) is 23.1 Å². The van der Waals surface area contributed by atoms with E-state index in [9.17, 15) is 12.8 Å². The first-order valence-corrected chi connectivity index (χ1v) is 8.14. The molecule has 5 nitrogen and oxygen atoms in total. The smallest absolute Gasteiger partial charge is 0.238 e. The van der Waals surface area contributed by atoms with Gasteiger partial charge >= 0.3 is 0 Å². The fraction of sp³-hybridized carbons (Fsp3) is 0.538. The van der Waals surface area contributed by atoms with Crippen LogP contribution in [-0.2, 0) is 10.0 Å². The van der Waals surface area contributed by atoms with Crippen LogP contribution in [-0.4, -0.2) is 28.1 Å². The summed E-state index contributed by atoms with van der Waals surface area (Å²) in [5.74, 6) is -0.237. The van der Waals surface area contributed by atoms with Crippen LogP contribution < -0.4 is 15.8 Å². The van der Waals surface area contributed by atoms with Gasteiger partial charge in [-0.3, -0.25) is 0 Å². The molecule has 1 aromatic rings. The standard InChI is InChI=1S/C13H20FN3O2S/c1-17(12-4-2-3-9(12)8-15)13-6-5-10(7-11(13)14)20(16,18)19/h5-7,9,12H,2-4,8,15H2,1H3,(H2,16,18,19). The predicted molar refractivity (Wildman–Crippen MR) is 76.4 cm³/mol. The molecule has 2 rings (SSSR count). The van der Waals surface area contributed by atoms with Crippen molar-refractivity contribution in [1.82, 2.24) is 0 Å². The fourth-order valence-electron chi connectivity index (χ4n) is 2.93. The van der Waals surface area contributed by atoms with E-state index in [4.69, 9.17) is 10.9 Å². The van der Waals surface area contributed by atoms with Gasteiger partial charge in [-0.1, -0.05) is 6.42 Å². The molecule has 4 N–H and O–H groups in total. The van der Waals surface area contributed by atoms with Crippen LogP contribution in [0.2, 0.25) is 0 Å². The van der Waals surface area contributed by atoms with Crippen molar-refractivity contribution >= 4 is 15.7 Å². The number of sulfonamides is 1. The summed E-state index contributed by atoms with van der Waals surface area (Å²) in [6.45, 7) is 0.575. The fourth-order valence-corrected chi connectivity index (χ4v) is 3.46. The molecule has 1 saturated carbocycles. The molecule has 0 bridgehead atoms. The Morgan fingerprint density at radius 1 is 1.40 bits per heavy atom. The van der Waals surface area contributed by atoms with E-state index in [1.165, 1.54) is 12.1 Å². The third-order valence-corrected chi connectivity index (χ3v) is 4.96. The van der Waals surface area contributed by atoms with E-state index in [2.05, 4.69) is 0 Å². The lowest BCUT2D eigenvalue weighted by Gasteiger charge is -2.31. The van der Waals surface area contributed by atoms with E-state index in [0.29, 0.717) is 18.2 Å². The van der Waals surface area contributed by atoms with Gasteiger partial charge in [0.1, 0.15) is 5.82 Å². The van der Waals surface area contributed by atoms with Crippen LogP contribution >= 0.6 is 0 Å². The molecule has 20 heavy (non-hydrogen) atoms. The van der Waals surface area contributed by atoms with Crippen LogP contribution in [0.4, 0.5) is 10.1 Å². The molecule has 0 aliphatic heterocycles. The minimum absolute atomic E-state index is 0.190. The first-order chi connectivity index (χ1) is 9.34. The Labute approximate surface area is 118 Å². The molecule has 112 valence electrons. The van der Waals surface area contributed by atoms with Gasteiger partial charge in [0.05, 0.1) is 10.6 Å². The van der Waals surface area contributed by atoms with Crippen molar-refractivity contribution in [3.05, 3.63) is 24.0 Å². The first kappa shape index (κ1) is 15.2. The molecule has 1 aromatic carbocycles. The molecule has 0 radical (unpaired) electrons. The van der Waals surface area contributed by atoms with Crippen LogP contribution in [0.1, 0.15) is 19.3 Å². The largest absolute Gasteiger partial charge is 0.369 e. The Kier molecular flexibility index (Phi) is 4.31. The molecule has 1 aliphatic rings. The van der Waals surface area contributed by atoms with Crippen molar-refractivity contribution in [3.8, 4) is 0 Å². The lowest BCUT2D eigenvalue weighted by atomic mass is 10.0. The highest BCUT2D eigenvalue weighted by Gasteiger charge is 2.30. The SMILES string of the molecule is CN(c1ccc(S(N)(=O)=O)cc1F)C1CCCC1CN. The lowest BCUT2D eigenvalue weighted by Crippen LogP contribution is -2.38. The number of anilines is 1. The quantitative estimate of drug-likeness (QED) is 0.869. The number of benzene rings is 1. The second-order valence-electron chi connectivity index (χ2n) is 5.26. The van der Waals surface area contributed by atoms with E-state index in [1.54, 1.807) is 0 Å². The maximum Gasteiger partial charge on any atom is 0.238 e. The predicted octanol–water partition coefficient (Wildman–Crippen LogP) is 1.04. The van der Waals surface area contributed by atoms with Gasteiger partial charge in [-0.2, -0.15) is 0 Å². The summed E-state index contributed by atoms with van der Waals surface area (Å²) < 4.78 is 36.5. The molecule has 2 atom stereocenters. The number of nitrogens with zero attached hydrogens (tertiary/aromatic N) is 1. The number of rotatable bonds is 4. The average molecular weight is 301 g/mol. The van der Waals surface area contributed by atoms with Gasteiger partial charge in [-0.15, -0.1) is 0 Å². The van der Waals surface area contributed by atoms with E-state index in [1.807, 2.05) is 11.9 Å². The zero-order valence-electron chi connectivity index (χ0n) is 11.4. The molecular weight excluding hydrogens is 281 g/mol. The number of halogens is 1. The highest BCUT2D eigenvalue weighted by Crippen LogP contribution is 2.33. The number of primary sulfonamides is 1. The van der Waals surface area contributed by atoms with Crippen LogP contribution in [0.3, 0.4) is 0 Å². The van der Waals surface area contributed by atoms with Gasteiger partial charge < -0.3 is 10.6 Å². The lowest BCUT2D eigenvalue weighted by molar-refractivity contribution is 0.468. The Balaban J connectivity index is 2.29. The van der Waals surface area contributed by atoms with Gasteiger partial charge in [-0.25, -0.2) is 17.9 Å². The highest BCUT2D eigenvalue weighted by atomic mass is 32.2. The summed E-state index contributed by atoms with van der Waals surface area (Å²) in [6.07, 6.45) is 3.09. The number of nitrogens with two attached hydrogens (primary N) is 2. The zero-order chi connectivity index (χ0) is 14.9. The second kappa shape index (κ2) is 5.67. The van der Waals surface area contributed by atoms with Gasteiger partial charge in [0.15, 0.2) is 0 Å². The van der Waals surface area contributed by atoms with Crippen molar-refractivity contribution in [1.29, 1.82) is 0 Å². The number of hydrogen-bond donors (Lipinski definition) is 2. The molecule has 0 amide bonds. The molecule has 7 heteroatoms. The molecule has 0 spiro atoms. The molecule has 1 fully saturated rings. The minimum Gasteiger partial charge on any atom is -0.369 e. The summed E-state index contributed by atoms with van der Waals surface area (Å²) in [5.41, 5.74) is 6.12. The van der Waals surface area contributed by atoms with E-state index in [0.717, 1.165) is 25.3 Å². The van der Waals surface area contributed by atoms with Gasteiger partial charge in [0.25, 0.3) is 0 Å². The Hall–Kier alpha value is -1.18. The Morgan fingerprint density at radius 3 is 2.65 bits per heavy atom. The summed E-state index contributed by atoms with van der Waals surface area (Å²) in [5, 5.41) is 4.99. The van der Waals surface area contributed by atoms with Crippen molar-refractivity contribution in [2.75, 3.05) is 18.5 Å². The van der Waals surface area contributed by atoms with Crippen molar-refractivity contribution in [2.24, 2.45) is 16.8 Å². The molecule has 0 saturated heterocycles. The maximum absolute atomic E-state index is 14.1. The third-order valence-electron chi connectivity index (χ3n) is 4.05. The van der Waals surface area contributed by atoms with Gasteiger partial charge in [0.2, 0.25) is 10.0 Å². The average Bonchev–Trinajstić information content (AvgIpc) is 2.85. The van der Waals surface area contributed by atoms with E-state index in [-0.39, 0.29) is 10.9 Å². The van der Waals surface area contributed by atoms with Crippen LogP contribution in [0.5, 0.6) is 0 Å². The molecule has 0 heterocycles. The monoisotopic (exact) mass is 301 g/mol. The normalized spacial score (nSPS) is 23.0. The maximum atomic E-state index is 14.1. The van der Waals surface area contributed by atoms with Crippen molar-refractivity contribution in [3.63, 3.8) is 0 Å². The first-order valence-electron chi connectivity index (χ1n) is 6.60.